The Morgan fingerprint density at radius 1 is 1.23 bits per heavy atom. The van der Waals surface area contributed by atoms with Gasteiger partial charge in [0.1, 0.15) is 11.9 Å². The zero-order valence-corrected chi connectivity index (χ0v) is 17.8. The van der Waals surface area contributed by atoms with E-state index in [1.807, 2.05) is 24.3 Å². The summed E-state index contributed by atoms with van der Waals surface area (Å²) >= 11 is 0. The van der Waals surface area contributed by atoms with Gasteiger partial charge in [-0.05, 0) is 49.3 Å². The van der Waals surface area contributed by atoms with Crippen molar-refractivity contribution in [1.29, 1.82) is 0 Å². The first-order valence-corrected chi connectivity index (χ1v) is 11.1. The van der Waals surface area contributed by atoms with Gasteiger partial charge in [-0.1, -0.05) is 32.4 Å². The highest BCUT2D eigenvalue weighted by Crippen LogP contribution is 2.46. The van der Waals surface area contributed by atoms with Gasteiger partial charge in [0.25, 0.3) is 5.91 Å². The van der Waals surface area contributed by atoms with Crippen LogP contribution in [0.5, 0.6) is 5.75 Å². The zero-order valence-electron chi connectivity index (χ0n) is 17.8. The molecule has 1 fully saturated rings. The maximum absolute atomic E-state index is 13.4. The van der Waals surface area contributed by atoms with Gasteiger partial charge in [0, 0.05) is 6.54 Å². The van der Waals surface area contributed by atoms with E-state index in [1.165, 1.54) is 0 Å². The molecule has 1 aliphatic carbocycles. The van der Waals surface area contributed by atoms with E-state index in [2.05, 4.69) is 13.8 Å². The normalized spacial score (nSPS) is 26.0. The molecular formula is C24H31NO5. The van der Waals surface area contributed by atoms with E-state index in [-0.39, 0.29) is 42.6 Å². The van der Waals surface area contributed by atoms with Gasteiger partial charge >= 0.3 is 0 Å². The molecule has 0 radical (unpaired) electrons. The summed E-state index contributed by atoms with van der Waals surface area (Å²) in [5.74, 6) is 1.02. The smallest absolute Gasteiger partial charge is 0.290 e. The standard InChI is InChI=1S/C24H31NO5/c1-15(2)10-13-29-17-7-5-6-16(14-17)21-20-22(27)18-8-3-4-9-19(18)30-23(20)24(28)25(21)11-12-26/h5-7,14-15,18-19,21,26H,3-4,8-13H2,1-2H3. The molecule has 1 saturated carbocycles. The van der Waals surface area contributed by atoms with Crippen molar-refractivity contribution in [3.63, 3.8) is 0 Å². The lowest BCUT2D eigenvalue weighted by atomic mass is 9.77. The molecule has 0 saturated heterocycles. The molecule has 1 amide bonds. The molecule has 2 heterocycles. The lowest BCUT2D eigenvalue weighted by molar-refractivity contribution is -0.135. The molecule has 3 aliphatic rings. The number of nitrogens with zero attached hydrogens (tertiary/aromatic N) is 1. The SMILES string of the molecule is CC(C)CCOc1cccc(C2C3=C(OC4CCCCC4C3=O)C(=O)N2CCO)c1. The first kappa shape index (κ1) is 20.9. The van der Waals surface area contributed by atoms with Gasteiger partial charge in [0.15, 0.2) is 11.5 Å². The van der Waals surface area contributed by atoms with Crippen LogP contribution in [-0.4, -0.2) is 47.6 Å². The Bertz CT molecular complexity index is 846. The number of ketones is 1. The Morgan fingerprint density at radius 3 is 2.80 bits per heavy atom. The molecule has 0 bridgehead atoms. The van der Waals surface area contributed by atoms with Crippen LogP contribution in [0.2, 0.25) is 0 Å². The van der Waals surface area contributed by atoms with Crippen LogP contribution < -0.4 is 4.74 Å². The molecule has 3 atom stereocenters. The number of hydrogen-bond donors (Lipinski definition) is 1. The minimum Gasteiger partial charge on any atom is -0.494 e. The number of aliphatic hydroxyl groups is 1. The molecule has 1 N–H and O–H groups in total. The molecule has 2 aliphatic heterocycles. The van der Waals surface area contributed by atoms with Crippen molar-refractivity contribution in [3.8, 4) is 5.75 Å². The predicted octanol–water partition coefficient (Wildman–Crippen LogP) is 3.40. The van der Waals surface area contributed by atoms with Crippen molar-refractivity contribution in [2.75, 3.05) is 19.8 Å². The second-order valence-corrected chi connectivity index (χ2v) is 8.88. The van der Waals surface area contributed by atoms with Gasteiger partial charge in [0.2, 0.25) is 0 Å². The first-order valence-electron chi connectivity index (χ1n) is 11.1. The van der Waals surface area contributed by atoms with Crippen LogP contribution >= 0.6 is 0 Å². The highest BCUT2D eigenvalue weighted by Gasteiger charge is 2.51. The van der Waals surface area contributed by atoms with E-state index in [4.69, 9.17) is 9.47 Å². The van der Waals surface area contributed by atoms with Crippen LogP contribution in [0.1, 0.15) is 57.6 Å². The topological polar surface area (TPSA) is 76.1 Å². The minimum absolute atomic E-state index is 0.0332. The molecule has 1 aromatic carbocycles. The number of hydrogen-bond acceptors (Lipinski definition) is 5. The van der Waals surface area contributed by atoms with Crippen LogP contribution in [-0.2, 0) is 14.3 Å². The number of ether oxygens (including phenoxy) is 2. The largest absolute Gasteiger partial charge is 0.494 e. The molecule has 6 heteroatoms. The fraction of sp³-hybridized carbons (Fsp3) is 0.583. The van der Waals surface area contributed by atoms with Crippen LogP contribution in [0.4, 0.5) is 0 Å². The summed E-state index contributed by atoms with van der Waals surface area (Å²) in [6.45, 7) is 4.90. The Morgan fingerprint density at radius 2 is 2.03 bits per heavy atom. The van der Waals surface area contributed by atoms with E-state index < -0.39 is 6.04 Å². The van der Waals surface area contributed by atoms with Gasteiger partial charge in [0.05, 0.1) is 30.7 Å². The van der Waals surface area contributed by atoms with Crippen molar-refractivity contribution in [2.45, 2.75) is 58.1 Å². The number of fused-ring (bicyclic) bond motifs is 1. The summed E-state index contributed by atoms with van der Waals surface area (Å²) in [5, 5.41) is 9.57. The highest BCUT2D eigenvalue weighted by atomic mass is 16.5. The maximum Gasteiger partial charge on any atom is 0.290 e. The summed E-state index contributed by atoms with van der Waals surface area (Å²) in [6, 6.07) is 7.05. The average Bonchev–Trinajstić information content (AvgIpc) is 3.01. The molecule has 3 unspecified atom stereocenters. The summed E-state index contributed by atoms with van der Waals surface area (Å²) < 4.78 is 12.0. The number of amides is 1. The predicted molar refractivity (Wildman–Crippen MR) is 112 cm³/mol. The second-order valence-electron chi connectivity index (χ2n) is 8.88. The third-order valence-electron chi connectivity index (χ3n) is 6.34. The van der Waals surface area contributed by atoms with Gasteiger partial charge in [-0.15, -0.1) is 0 Å². The summed E-state index contributed by atoms with van der Waals surface area (Å²) in [4.78, 5) is 28.1. The van der Waals surface area contributed by atoms with Gasteiger partial charge in [-0.2, -0.15) is 0 Å². The Balaban J connectivity index is 1.67. The van der Waals surface area contributed by atoms with E-state index in [9.17, 15) is 14.7 Å². The molecular weight excluding hydrogens is 382 g/mol. The molecule has 6 nitrogen and oxygen atoms in total. The van der Waals surface area contributed by atoms with Crippen LogP contribution in [0.3, 0.4) is 0 Å². The number of aliphatic hydroxyl groups excluding tert-OH is 1. The van der Waals surface area contributed by atoms with Crippen molar-refractivity contribution in [2.24, 2.45) is 11.8 Å². The van der Waals surface area contributed by atoms with Crippen molar-refractivity contribution >= 4 is 11.7 Å². The Hall–Kier alpha value is -2.34. The van der Waals surface area contributed by atoms with E-state index in [1.54, 1.807) is 4.90 Å². The average molecular weight is 414 g/mol. The third-order valence-corrected chi connectivity index (χ3v) is 6.34. The maximum atomic E-state index is 13.4. The van der Waals surface area contributed by atoms with E-state index in [0.717, 1.165) is 43.4 Å². The second kappa shape index (κ2) is 8.80. The number of Topliss-reactive ketones (excluding diaryl/α,β-unsaturated/α-hetero) is 1. The Kier molecular flexibility index (Phi) is 6.14. The van der Waals surface area contributed by atoms with Crippen molar-refractivity contribution < 1.29 is 24.2 Å². The monoisotopic (exact) mass is 413 g/mol. The Labute approximate surface area is 177 Å². The van der Waals surface area contributed by atoms with Crippen LogP contribution in [0.15, 0.2) is 35.6 Å². The van der Waals surface area contributed by atoms with Gasteiger partial charge < -0.3 is 19.5 Å². The minimum atomic E-state index is -0.538. The lowest BCUT2D eigenvalue weighted by Crippen LogP contribution is -2.39. The fourth-order valence-electron chi connectivity index (χ4n) is 4.76. The number of carbonyl (C=O) groups is 2. The third kappa shape index (κ3) is 3.85. The molecule has 162 valence electrons. The zero-order chi connectivity index (χ0) is 21.3. The molecule has 0 spiro atoms. The molecule has 4 rings (SSSR count). The van der Waals surface area contributed by atoms with E-state index >= 15 is 0 Å². The van der Waals surface area contributed by atoms with Crippen LogP contribution in [0, 0.1) is 11.8 Å². The summed E-state index contributed by atoms with van der Waals surface area (Å²) in [5.41, 5.74) is 1.27. The fourth-order valence-corrected chi connectivity index (χ4v) is 4.76. The van der Waals surface area contributed by atoms with Gasteiger partial charge in [-0.3, -0.25) is 9.59 Å². The number of β-amino-alcohol motifs (C(OH)–C–C–N with tert-alkyl or cyclic N) is 1. The lowest BCUT2D eigenvalue weighted by Gasteiger charge is -2.35. The van der Waals surface area contributed by atoms with Crippen molar-refractivity contribution in [3.05, 3.63) is 41.2 Å². The summed E-state index contributed by atoms with van der Waals surface area (Å²) in [6.07, 6.45) is 4.40. The quantitative estimate of drug-likeness (QED) is 0.741. The molecule has 30 heavy (non-hydrogen) atoms. The number of rotatable bonds is 7. The van der Waals surface area contributed by atoms with Gasteiger partial charge in [-0.25, -0.2) is 0 Å². The molecule has 1 aromatic rings. The summed E-state index contributed by atoms with van der Waals surface area (Å²) in [7, 11) is 0. The molecule has 0 aromatic heterocycles. The van der Waals surface area contributed by atoms with E-state index in [0.29, 0.717) is 18.1 Å². The first-order chi connectivity index (χ1) is 14.5. The highest BCUT2D eigenvalue weighted by molar-refractivity contribution is 6.11. The van der Waals surface area contributed by atoms with Crippen molar-refractivity contribution in [1.82, 2.24) is 4.90 Å². The number of carbonyl (C=O) groups excluding carboxylic acids is 2. The van der Waals surface area contributed by atoms with Crippen LogP contribution in [0.25, 0.3) is 0 Å². The number of benzene rings is 1.